The number of methoxy groups -OCH3 is 1. The van der Waals surface area contributed by atoms with Crippen molar-refractivity contribution in [3.05, 3.63) is 47.7 Å². The highest BCUT2D eigenvalue weighted by molar-refractivity contribution is 5.92. The molecule has 0 spiro atoms. The van der Waals surface area contributed by atoms with E-state index in [9.17, 15) is 19.2 Å². The Bertz CT molecular complexity index is 1370. The van der Waals surface area contributed by atoms with E-state index in [0.29, 0.717) is 25.1 Å². The monoisotopic (exact) mass is 579 g/mol. The summed E-state index contributed by atoms with van der Waals surface area (Å²) in [5.74, 6) is -2.25. The van der Waals surface area contributed by atoms with Crippen LogP contribution in [0.25, 0.3) is 17.0 Å². The Labute approximate surface area is 246 Å². The summed E-state index contributed by atoms with van der Waals surface area (Å²) in [5.41, 5.74) is 4.24. The molecule has 2 aliphatic rings. The second-order valence-electron chi connectivity index (χ2n) is 11.9. The predicted molar refractivity (Wildman–Crippen MR) is 158 cm³/mol. The summed E-state index contributed by atoms with van der Waals surface area (Å²) in [7, 11) is 1.43. The first kappa shape index (κ1) is 31.1. The molecule has 3 amide bonds. The average Bonchev–Trinajstić information content (AvgIpc) is 2.96. The fourth-order valence-corrected chi connectivity index (χ4v) is 4.93. The zero-order valence-electron chi connectivity index (χ0n) is 25.1. The van der Waals surface area contributed by atoms with E-state index < -0.39 is 41.4 Å². The van der Waals surface area contributed by atoms with E-state index in [2.05, 4.69) is 16.1 Å². The number of rotatable bonds is 3. The molecule has 0 saturated carbocycles. The molecule has 0 radical (unpaired) electrons. The van der Waals surface area contributed by atoms with Crippen LogP contribution in [0.3, 0.4) is 0 Å². The van der Waals surface area contributed by atoms with E-state index in [1.54, 1.807) is 33.8 Å². The zero-order chi connectivity index (χ0) is 30.6. The summed E-state index contributed by atoms with van der Waals surface area (Å²) in [5, 5.41) is 8.01. The summed E-state index contributed by atoms with van der Waals surface area (Å²) in [6, 6.07) is 7.54. The topological polar surface area (TPSA) is 139 Å². The molecule has 2 aromatic rings. The van der Waals surface area contributed by atoms with Gasteiger partial charge in [0, 0.05) is 19.0 Å². The number of carbonyl (C=O) groups is 4. The van der Waals surface area contributed by atoms with Gasteiger partial charge < -0.3 is 20.1 Å². The van der Waals surface area contributed by atoms with Gasteiger partial charge in [0.1, 0.15) is 12.1 Å². The lowest BCUT2D eigenvalue weighted by Crippen LogP contribution is -2.62. The number of nitrogens with one attached hydrogen (secondary N) is 3. The first-order chi connectivity index (χ1) is 19.9. The molecule has 11 heteroatoms. The minimum Gasteiger partial charge on any atom is -0.451 e. The lowest BCUT2D eigenvalue weighted by molar-refractivity contribution is -0.165. The number of fused-ring (bicyclic) bond motifs is 4. The Morgan fingerprint density at radius 2 is 1.83 bits per heavy atom. The number of amides is 3. The van der Waals surface area contributed by atoms with Gasteiger partial charge >= 0.3 is 5.97 Å². The van der Waals surface area contributed by atoms with Gasteiger partial charge in [0.25, 0.3) is 11.8 Å². The summed E-state index contributed by atoms with van der Waals surface area (Å²) in [6.07, 6.45) is 3.54. The molecule has 2 aliphatic heterocycles. The van der Waals surface area contributed by atoms with Crippen LogP contribution in [0.4, 0.5) is 0 Å². The van der Waals surface area contributed by atoms with Gasteiger partial charge in [-0.25, -0.2) is 5.43 Å². The van der Waals surface area contributed by atoms with Crippen LogP contribution in [0.2, 0.25) is 0 Å². The number of cyclic esters (lactones) is 1. The fourth-order valence-electron chi connectivity index (χ4n) is 4.93. The quantitative estimate of drug-likeness (QED) is 0.472. The van der Waals surface area contributed by atoms with Gasteiger partial charge in [0.05, 0.1) is 29.3 Å². The van der Waals surface area contributed by atoms with Crippen LogP contribution in [0.15, 0.2) is 36.4 Å². The number of nitrogens with zero attached hydrogens (tertiary/aromatic N) is 2. The maximum atomic E-state index is 13.5. The number of aromatic nitrogens is 1. The van der Waals surface area contributed by atoms with Crippen molar-refractivity contribution in [2.24, 2.45) is 11.3 Å². The Hall–Kier alpha value is -3.83. The molecule has 42 heavy (non-hydrogen) atoms. The minimum absolute atomic E-state index is 0.101. The molecule has 3 heterocycles. The molecule has 1 aromatic heterocycles. The molecule has 1 aromatic carbocycles. The maximum Gasteiger partial charge on any atom is 0.316 e. The first-order valence-corrected chi connectivity index (χ1v) is 14.4. The molecule has 1 fully saturated rings. The van der Waals surface area contributed by atoms with Crippen molar-refractivity contribution in [1.29, 1.82) is 0 Å². The van der Waals surface area contributed by atoms with Crippen LogP contribution in [0.1, 0.15) is 64.8 Å². The molecule has 1 saturated heterocycles. The van der Waals surface area contributed by atoms with Gasteiger partial charge in [-0.15, -0.1) is 0 Å². The fraction of sp³-hybridized carbons (Fsp3) is 0.516. The van der Waals surface area contributed by atoms with Crippen molar-refractivity contribution in [3.63, 3.8) is 0 Å². The highest BCUT2D eigenvalue weighted by atomic mass is 16.5. The van der Waals surface area contributed by atoms with E-state index >= 15 is 0 Å². The zero-order valence-corrected chi connectivity index (χ0v) is 25.1. The van der Waals surface area contributed by atoms with Crippen LogP contribution >= 0.6 is 0 Å². The molecular weight excluding hydrogens is 538 g/mol. The van der Waals surface area contributed by atoms with E-state index in [0.717, 1.165) is 16.5 Å². The normalized spacial score (nSPS) is 25.7. The highest BCUT2D eigenvalue weighted by Gasteiger charge is 2.37. The third-order valence-electron chi connectivity index (χ3n) is 7.57. The second-order valence-corrected chi connectivity index (χ2v) is 11.9. The summed E-state index contributed by atoms with van der Waals surface area (Å²) in [4.78, 5) is 58.2. The van der Waals surface area contributed by atoms with Crippen LogP contribution in [0, 0.1) is 11.3 Å². The molecular formula is C31H41N5O6. The Morgan fingerprint density at radius 3 is 2.55 bits per heavy atom. The largest absolute Gasteiger partial charge is 0.451 e. The third kappa shape index (κ3) is 7.14. The molecule has 4 rings (SSSR count). The van der Waals surface area contributed by atoms with Crippen LogP contribution in [-0.4, -0.2) is 72.1 Å². The predicted octanol–water partition coefficient (Wildman–Crippen LogP) is 2.66. The van der Waals surface area contributed by atoms with E-state index in [-0.39, 0.29) is 24.5 Å². The Balaban J connectivity index is 1.72. The molecule has 5 bridgehead atoms. The summed E-state index contributed by atoms with van der Waals surface area (Å²) in [6.45, 7) is 9.08. The van der Waals surface area contributed by atoms with Crippen molar-refractivity contribution in [2.75, 3.05) is 20.3 Å². The first-order valence-electron chi connectivity index (χ1n) is 14.4. The van der Waals surface area contributed by atoms with E-state index in [1.165, 1.54) is 12.1 Å². The van der Waals surface area contributed by atoms with Crippen molar-refractivity contribution in [1.82, 2.24) is 26.1 Å². The Kier molecular flexibility index (Phi) is 9.63. The number of carbonyl (C=O) groups excluding carboxylic acids is 4. The lowest BCUT2D eigenvalue weighted by atomic mass is 9.92. The molecule has 4 atom stereocenters. The summed E-state index contributed by atoms with van der Waals surface area (Å²) < 4.78 is 11.0. The van der Waals surface area contributed by atoms with Crippen molar-refractivity contribution >= 4 is 40.7 Å². The number of hydrazine groups is 1. The number of esters is 1. The maximum absolute atomic E-state index is 13.5. The van der Waals surface area contributed by atoms with E-state index in [1.807, 2.05) is 43.3 Å². The highest BCUT2D eigenvalue weighted by Crippen LogP contribution is 2.25. The second kappa shape index (κ2) is 13.0. The van der Waals surface area contributed by atoms with Crippen LogP contribution in [0.5, 0.6) is 0 Å². The number of hydrogen-bond acceptors (Lipinski definition) is 8. The Morgan fingerprint density at radius 1 is 1.10 bits per heavy atom. The van der Waals surface area contributed by atoms with Gasteiger partial charge in [0.15, 0.2) is 6.10 Å². The molecule has 0 unspecified atom stereocenters. The number of hydrogen-bond donors (Lipinski definition) is 3. The van der Waals surface area contributed by atoms with Crippen LogP contribution in [-0.2, 0) is 28.7 Å². The van der Waals surface area contributed by atoms with Crippen molar-refractivity contribution in [2.45, 2.75) is 71.7 Å². The van der Waals surface area contributed by atoms with Gasteiger partial charge in [0.2, 0.25) is 5.91 Å². The lowest BCUT2D eigenvalue weighted by Gasteiger charge is -2.36. The standard InChI is InChI=1S/C31H41N5O6/c1-18(2)26-28(38)34-25(17-41-6)29(39)36-15-7-8-23(35-36)27(37)32-19(3)22-12-11-21-10-9-20(16-24(21)33-22)13-14-31(4,5)30(40)42-26/h9-14,16,18-19,23,25-26,35H,7-8,15,17H2,1-6H3,(H,32,37)(H,34,38)/t19-,23+,25+,26+/m1/s1. The summed E-state index contributed by atoms with van der Waals surface area (Å²) >= 11 is 0. The van der Waals surface area contributed by atoms with Crippen LogP contribution < -0.4 is 16.1 Å². The number of ether oxygens (including phenoxy) is 2. The van der Waals surface area contributed by atoms with Gasteiger partial charge in [-0.05, 0) is 57.2 Å². The molecule has 226 valence electrons. The van der Waals surface area contributed by atoms with Crippen molar-refractivity contribution in [3.8, 4) is 0 Å². The number of benzene rings is 1. The SMILES string of the molecule is COC[C@@H]1NC(=O)[C@H](C(C)C)OC(=O)C(C)(C)C=Cc2ccc3ccc(nc3c2)[C@@H](C)NC(=O)[C@@H]2CCCN(N2)C1=O. The van der Waals surface area contributed by atoms with Gasteiger partial charge in [-0.1, -0.05) is 44.2 Å². The minimum atomic E-state index is -1.14. The third-order valence-corrected chi connectivity index (χ3v) is 7.57. The molecule has 3 N–H and O–H groups in total. The van der Waals surface area contributed by atoms with Gasteiger partial charge in [-0.3, -0.25) is 29.2 Å². The van der Waals surface area contributed by atoms with E-state index in [4.69, 9.17) is 14.5 Å². The average molecular weight is 580 g/mol. The molecule has 11 nitrogen and oxygen atoms in total. The molecule has 0 aliphatic carbocycles. The van der Waals surface area contributed by atoms with Gasteiger partial charge in [-0.2, -0.15) is 0 Å². The smallest absolute Gasteiger partial charge is 0.316 e. The van der Waals surface area contributed by atoms with Crippen molar-refractivity contribution < 1.29 is 28.7 Å². The number of pyridine rings is 1.